The van der Waals surface area contributed by atoms with E-state index < -0.39 is 5.92 Å². The minimum Gasteiger partial charge on any atom is -0.493 e. The van der Waals surface area contributed by atoms with Gasteiger partial charge in [-0.1, -0.05) is 6.07 Å². The van der Waals surface area contributed by atoms with Crippen LogP contribution in [0.1, 0.15) is 29.7 Å². The molecule has 0 unspecified atom stereocenters. The molecule has 0 saturated heterocycles. The lowest BCUT2D eigenvalue weighted by Crippen LogP contribution is -2.33. The predicted molar refractivity (Wildman–Crippen MR) is 106 cm³/mol. The highest BCUT2D eigenvalue weighted by Gasteiger charge is 2.34. The van der Waals surface area contributed by atoms with Crippen molar-refractivity contribution in [2.45, 2.75) is 26.3 Å². The number of pyridine rings is 1. The van der Waals surface area contributed by atoms with E-state index in [1.54, 1.807) is 31.2 Å². The summed E-state index contributed by atoms with van der Waals surface area (Å²) in [6.45, 7) is 4.03. The van der Waals surface area contributed by atoms with Crippen LogP contribution in [0, 0.1) is 18.3 Å². The minimum atomic E-state index is -0.730. The van der Waals surface area contributed by atoms with Crippen molar-refractivity contribution in [1.82, 2.24) is 4.57 Å². The highest BCUT2D eigenvalue weighted by atomic mass is 16.5. The lowest BCUT2D eigenvalue weighted by molar-refractivity contribution is 0.272. The van der Waals surface area contributed by atoms with Crippen molar-refractivity contribution in [3.63, 3.8) is 0 Å². The lowest BCUT2D eigenvalue weighted by atomic mass is 9.84. The number of methoxy groups -OCH3 is 1. The molecule has 0 amide bonds. The minimum absolute atomic E-state index is 0.0449. The number of aryl methyl sites for hydroxylation is 1. The van der Waals surface area contributed by atoms with Gasteiger partial charge in [0.2, 0.25) is 5.88 Å². The molecule has 3 rings (SSSR count). The van der Waals surface area contributed by atoms with Crippen LogP contribution in [0.15, 0.2) is 40.5 Å². The van der Waals surface area contributed by atoms with Gasteiger partial charge in [0.05, 0.1) is 31.8 Å². The van der Waals surface area contributed by atoms with Crippen molar-refractivity contribution in [2.75, 3.05) is 20.3 Å². The van der Waals surface area contributed by atoms with Gasteiger partial charge in [-0.05, 0) is 31.5 Å². The maximum Gasteiger partial charge on any atom is 0.258 e. The summed E-state index contributed by atoms with van der Waals surface area (Å²) in [5.41, 5.74) is 7.37. The van der Waals surface area contributed by atoms with Crippen molar-refractivity contribution in [2.24, 2.45) is 5.73 Å². The lowest BCUT2D eigenvalue weighted by Gasteiger charge is -2.27. The van der Waals surface area contributed by atoms with Crippen molar-refractivity contribution in [3.05, 3.63) is 62.9 Å². The average Bonchev–Trinajstić information content (AvgIpc) is 2.70. The predicted octanol–water partition coefficient (Wildman–Crippen LogP) is 1.77. The van der Waals surface area contributed by atoms with Gasteiger partial charge < -0.3 is 29.6 Å². The molecule has 2 heterocycles. The maximum atomic E-state index is 13.2. The number of nitrogens with two attached hydrogens (primary N) is 1. The van der Waals surface area contributed by atoms with Gasteiger partial charge in [0, 0.05) is 18.3 Å². The van der Waals surface area contributed by atoms with Gasteiger partial charge >= 0.3 is 0 Å². The maximum absolute atomic E-state index is 13.2. The highest BCUT2D eigenvalue weighted by Crippen LogP contribution is 2.42. The number of allylic oxidation sites excluding steroid dienone is 1. The number of benzene rings is 1. The third-order valence-corrected chi connectivity index (χ3v) is 4.83. The Balaban J connectivity index is 2.27. The van der Waals surface area contributed by atoms with E-state index in [0.29, 0.717) is 40.7 Å². The fourth-order valence-corrected chi connectivity index (χ4v) is 3.54. The van der Waals surface area contributed by atoms with E-state index >= 15 is 0 Å². The molecule has 0 fully saturated rings. The van der Waals surface area contributed by atoms with Gasteiger partial charge in [-0.3, -0.25) is 4.79 Å². The molecule has 1 aromatic carbocycles. The quantitative estimate of drug-likeness (QED) is 0.762. The smallest absolute Gasteiger partial charge is 0.258 e. The Morgan fingerprint density at radius 2 is 2.10 bits per heavy atom. The number of hydrogen-bond donors (Lipinski definition) is 2. The molecule has 0 radical (unpaired) electrons. The first-order valence-electron chi connectivity index (χ1n) is 9.20. The van der Waals surface area contributed by atoms with Crippen LogP contribution in [0.4, 0.5) is 0 Å². The van der Waals surface area contributed by atoms with E-state index in [4.69, 9.17) is 19.9 Å². The summed E-state index contributed by atoms with van der Waals surface area (Å²) < 4.78 is 18.0. The number of fused-ring (bicyclic) bond motifs is 1. The second-order valence-electron chi connectivity index (χ2n) is 6.51. The Hall–Kier alpha value is -3.44. The van der Waals surface area contributed by atoms with Crippen LogP contribution < -0.4 is 25.5 Å². The first-order chi connectivity index (χ1) is 14.0. The van der Waals surface area contributed by atoms with Gasteiger partial charge in [-0.15, -0.1) is 0 Å². The molecule has 0 aliphatic carbocycles. The Kier molecular flexibility index (Phi) is 5.80. The number of aromatic nitrogens is 1. The molecule has 0 bridgehead atoms. The Morgan fingerprint density at radius 3 is 2.72 bits per heavy atom. The Morgan fingerprint density at radius 1 is 1.34 bits per heavy atom. The van der Waals surface area contributed by atoms with Crippen LogP contribution in [-0.2, 0) is 6.54 Å². The first-order valence-corrected chi connectivity index (χ1v) is 9.20. The molecule has 152 valence electrons. The topological polar surface area (TPSA) is 120 Å². The van der Waals surface area contributed by atoms with E-state index in [2.05, 4.69) is 6.07 Å². The van der Waals surface area contributed by atoms with E-state index in [1.165, 1.54) is 11.7 Å². The van der Waals surface area contributed by atoms with E-state index in [1.807, 2.05) is 6.92 Å². The number of rotatable bonds is 6. The standard InChI is InChI=1S/C21H23N3O5/c1-4-28-15-6-5-13(10-16(15)27-3)18-14(11-22)20(23)29-17-9-12(2)24(7-8-25)21(26)19(17)18/h5-6,9-10,18,25H,4,7-8,23H2,1-3H3/t18-/m1/s1. The molecular formula is C21H23N3O5. The molecule has 8 heteroatoms. The first kappa shape index (κ1) is 20.3. The SMILES string of the molecule is CCOc1ccc([C@@H]2C(C#N)=C(N)Oc3cc(C)n(CCO)c(=O)c32)cc1OC. The summed E-state index contributed by atoms with van der Waals surface area (Å²) in [6.07, 6.45) is 0. The molecule has 1 aliphatic heterocycles. The molecule has 0 saturated carbocycles. The zero-order chi connectivity index (χ0) is 21.1. The van der Waals surface area contributed by atoms with Gasteiger partial charge in [0.1, 0.15) is 17.4 Å². The molecule has 8 nitrogen and oxygen atoms in total. The number of aliphatic hydroxyl groups excluding tert-OH is 1. The van der Waals surface area contributed by atoms with Gasteiger partial charge in [0.25, 0.3) is 5.56 Å². The van der Waals surface area contributed by atoms with E-state index in [9.17, 15) is 15.2 Å². The molecular weight excluding hydrogens is 374 g/mol. The number of aliphatic hydroxyl groups is 1. The number of nitriles is 1. The summed E-state index contributed by atoms with van der Waals surface area (Å²) in [5.74, 6) is 0.568. The summed E-state index contributed by atoms with van der Waals surface area (Å²) in [5, 5.41) is 19.1. The molecule has 1 aromatic heterocycles. The second kappa shape index (κ2) is 8.29. The van der Waals surface area contributed by atoms with Crippen LogP contribution in [0.5, 0.6) is 17.2 Å². The van der Waals surface area contributed by atoms with Crippen LogP contribution in [0.25, 0.3) is 0 Å². The third kappa shape index (κ3) is 3.52. The van der Waals surface area contributed by atoms with Gasteiger partial charge in [-0.25, -0.2) is 0 Å². The fraction of sp³-hybridized carbons (Fsp3) is 0.333. The van der Waals surface area contributed by atoms with Crippen LogP contribution >= 0.6 is 0 Å². The molecule has 2 aromatic rings. The molecule has 29 heavy (non-hydrogen) atoms. The zero-order valence-corrected chi connectivity index (χ0v) is 16.6. The third-order valence-electron chi connectivity index (χ3n) is 4.83. The average molecular weight is 397 g/mol. The van der Waals surface area contributed by atoms with Crippen LogP contribution in [-0.4, -0.2) is 30.0 Å². The van der Waals surface area contributed by atoms with E-state index in [0.717, 1.165) is 0 Å². The van der Waals surface area contributed by atoms with Crippen molar-refractivity contribution < 1.29 is 19.3 Å². The van der Waals surface area contributed by atoms with Crippen molar-refractivity contribution in [1.29, 1.82) is 5.26 Å². The summed E-state index contributed by atoms with van der Waals surface area (Å²) in [7, 11) is 1.52. The zero-order valence-electron chi connectivity index (χ0n) is 16.6. The number of ether oxygens (including phenoxy) is 3. The van der Waals surface area contributed by atoms with E-state index in [-0.39, 0.29) is 30.2 Å². The summed E-state index contributed by atoms with van der Waals surface area (Å²) >= 11 is 0. The normalized spacial score (nSPS) is 15.3. The van der Waals surface area contributed by atoms with Crippen molar-refractivity contribution >= 4 is 0 Å². The summed E-state index contributed by atoms with van der Waals surface area (Å²) in [6, 6.07) is 8.99. The second-order valence-corrected chi connectivity index (χ2v) is 6.51. The Labute approximate surface area is 168 Å². The monoisotopic (exact) mass is 397 g/mol. The van der Waals surface area contributed by atoms with Gasteiger partial charge in [-0.2, -0.15) is 5.26 Å². The number of hydrogen-bond acceptors (Lipinski definition) is 7. The summed E-state index contributed by atoms with van der Waals surface area (Å²) in [4.78, 5) is 13.2. The van der Waals surface area contributed by atoms with Crippen LogP contribution in [0.3, 0.4) is 0 Å². The molecule has 1 atom stereocenters. The molecule has 0 spiro atoms. The highest BCUT2D eigenvalue weighted by molar-refractivity contribution is 5.57. The van der Waals surface area contributed by atoms with Crippen LogP contribution in [0.2, 0.25) is 0 Å². The number of nitrogens with zero attached hydrogens (tertiary/aromatic N) is 2. The molecule has 3 N–H and O–H groups in total. The fourth-order valence-electron chi connectivity index (χ4n) is 3.54. The molecule has 1 aliphatic rings. The Bertz CT molecular complexity index is 1070. The van der Waals surface area contributed by atoms with Crippen molar-refractivity contribution in [3.8, 4) is 23.3 Å². The largest absolute Gasteiger partial charge is 0.493 e. The van der Waals surface area contributed by atoms with Gasteiger partial charge in [0.15, 0.2) is 11.5 Å².